The monoisotopic (exact) mass is 527 g/mol. The standard InChI is InChI=1S/C21H29N5OS.HI/c1-3-18-14-23-19(28-18)15-25-21(22-4-2)24-13-16-8-10-17(11-9-16)26-12-6-5-7-20(26)27;/h8-11,14H,3-7,12-13,15H2,1-2H3,(H2,22,24,25);1H. The Hall–Kier alpha value is -1.68. The van der Waals surface area contributed by atoms with Crippen molar-refractivity contribution in [3.63, 3.8) is 0 Å². The quantitative estimate of drug-likeness (QED) is 0.323. The van der Waals surface area contributed by atoms with E-state index in [9.17, 15) is 4.79 Å². The van der Waals surface area contributed by atoms with Crippen molar-refractivity contribution < 1.29 is 4.79 Å². The van der Waals surface area contributed by atoms with E-state index in [1.165, 1.54) is 4.88 Å². The van der Waals surface area contributed by atoms with Gasteiger partial charge in [-0.3, -0.25) is 4.79 Å². The molecule has 0 radical (unpaired) electrons. The summed E-state index contributed by atoms with van der Waals surface area (Å²) in [4.78, 5) is 24.4. The minimum absolute atomic E-state index is 0. The Morgan fingerprint density at radius 2 is 2.00 bits per heavy atom. The second kappa shape index (κ2) is 12.1. The number of carbonyl (C=O) groups excluding carboxylic acids is 1. The van der Waals surface area contributed by atoms with Crippen LogP contribution in [-0.4, -0.2) is 29.9 Å². The highest BCUT2D eigenvalue weighted by molar-refractivity contribution is 14.0. The third kappa shape index (κ3) is 6.95. The molecule has 1 aliphatic heterocycles. The van der Waals surface area contributed by atoms with Crippen molar-refractivity contribution in [2.24, 2.45) is 4.99 Å². The van der Waals surface area contributed by atoms with Crippen molar-refractivity contribution in [2.45, 2.75) is 52.6 Å². The Kier molecular flexibility index (Phi) is 9.86. The van der Waals surface area contributed by atoms with Crippen LogP contribution >= 0.6 is 35.3 Å². The molecular weight excluding hydrogens is 497 g/mol. The Morgan fingerprint density at radius 3 is 2.66 bits per heavy atom. The van der Waals surface area contributed by atoms with Crippen molar-refractivity contribution in [3.8, 4) is 0 Å². The molecule has 0 spiro atoms. The predicted molar refractivity (Wildman–Crippen MR) is 131 cm³/mol. The number of amides is 1. The molecule has 8 heteroatoms. The molecule has 0 atom stereocenters. The fourth-order valence-electron chi connectivity index (χ4n) is 3.12. The number of guanidine groups is 1. The SMILES string of the molecule is CCNC(=NCc1ccc(N2CCCCC2=O)cc1)NCc1ncc(CC)s1.I. The average molecular weight is 527 g/mol. The van der Waals surface area contributed by atoms with Crippen molar-refractivity contribution >= 4 is 52.9 Å². The number of rotatable bonds is 7. The molecule has 1 fully saturated rings. The van der Waals surface area contributed by atoms with E-state index in [4.69, 9.17) is 0 Å². The van der Waals surface area contributed by atoms with Gasteiger partial charge in [0.25, 0.3) is 0 Å². The van der Waals surface area contributed by atoms with Crippen LogP contribution in [0.3, 0.4) is 0 Å². The Labute approximate surface area is 194 Å². The summed E-state index contributed by atoms with van der Waals surface area (Å²) in [5.74, 6) is 1.01. The Morgan fingerprint density at radius 1 is 1.21 bits per heavy atom. The first-order chi connectivity index (χ1) is 13.7. The third-order valence-corrected chi connectivity index (χ3v) is 5.83. The van der Waals surface area contributed by atoms with Gasteiger partial charge in [0.15, 0.2) is 5.96 Å². The Balaban J connectivity index is 0.00000300. The van der Waals surface area contributed by atoms with Gasteiger partial charge in [-0.2, -0.15) is 0 Å². The number of hydrogen-bond acceptors (Lipinski definition) is 4. The fourth-order valence-corrected chi connectivity index (χ4v) is 3.93. The molecule has 1 saturated heterocycles. The van der Waals surface area contributed by atoms with Crippen LogP contribution in [0.2, 0.25) is 0 Å². The van der Waals surface area contributed by atoms with E-state index in [1.807, 2.05) is 23.2 Å². The third-order valence-electron chi connectivity index (χ3n) is 4.69. The lowest BCUT2D eigenvalue weighted by molar-refractivity contribution is -0.119. The first-order valence-corrected chi connectivity index (χ1v) is 10.9. The number of aromatic nitrogens is 1. The summed E-state index contributed by atoms with van der Waals surface area (Å²) in [6.07, 6.45) is 5.70. The largest absolute Gasteiger partial charge is 0.357 e. The van der Waals surface area contributed by atoms with Crippen LogP contribution in [0.25, 0.3) is 0 Å². The topological polar surface area (TPSA) is 69.6 Å². The maximum Gasteiger partial charge on any atom is 0.226 e. The molecular formula is C21H30IN5OS. The number of anilines is 1. The lowest BCUT2D eigenvalue weighted by atomic mass is 10.1. The average Bonchev–Trinajstić information content (AvgIpc) is 3.19. The van der Waals surface area contributed by atoms with E-state index in [0.717, 1.165) is 54.6 Å². The number of carbonyl (C=O) groups is 1. The van der Waals surface area contributed by atoms with Gasteiger partial charge in [-0.1, -0.05) is 19.1 Å². The molecule has 0 bridgehead atoms. The van der Waals surface area contributed by atoms with Gasteiger partial charge in [0, 0.05) is 36.3 Å². The number of hydrogen-bond donors (Lipinski definition) is 2. The normalized spacial score (nSPS) is 14.5. The van der Waals surface area contributed by atoms with Crippen molar-refractivity contribution in [2.75, 3.05) is 18.0 Å². The molecule has 0 unspecified atom stereocenters. The maximum atomic E-state index is 12.1. The van der Waals surface area contributed by atoms with E-state index in [-0.39, 0.29) is 29.9 Å². The van der Waals surface area contributed by atoms with E-state index in [2.05, 4.69) is 46.6 Å². The zero-order valence-electron chi connectivity index (χ0n) is 17.1. The van der Waals surface area contributed by atoms with Crippen molar-refractivity contribution in [1.82, 2.24) is 15.6 Å². The molecule has 0 aliphatic carbocycles. The summed E-state index contributed by atoms with van der Waals surface area (Å²) >= 11 is 1.73. The zero-order valence-corrected chi connectivity index (χ0v) is 20.3. The first kappa shape index (κ1) is 23.6. The van der Waals surface area contributed by atoms with Gasteiger partial charge >= 0.3 is 0 Å². The van der Waals surface area contributed by atoms with Gasteiger partial charge in [0.2, 0.25) is 5.91 Å². The molecule has 1 aliphatic rings. The molecule has 1 aromatic carbocycles. The minimum atomic E-state index is 0. The summed E-state index contributed by atoms with van der Waals surface area (Å²) in [5.41, 5.74) is 2.10. The highest BCUT2D eigenvalue weighted by atomic mass is 127. The molecule has 158 valence electrons. The second-order valence-electron chi connectivity index (χ2n) is 6.79. The molecule has 0 saturated carbocycles. The molecule has 3 rings (SSSR count). The molecule has 2 N–H and O–H groups in total. The van der Waals surface area contributed by atoms with Gasteiger partial charge < -0.3 is 15.5 Å². The van der Waals surface area contributed by atoms with Crippen LogP contribution in [0.1, 0.15) is 48.6 Å². The van der Waals surface area contributed by atoms with E-state index in [0.29, 0.717) is 19.5 Å². The van der Waals surface area contributed by atoms with E-state index in [1.54, 1.807) is 11.3 Å². The van der Waals surface area contributed by atoms with E-state index < -0.39 is 0 Å². The van der Waals surface area contributed by atoms with Crippen LogP contribution in [0.5, 0.6) is 0 Å². The van der Waals surface area contributed by atoms with Gasteiger partial charge in [-0.15, -0.1) is 35.3 Å². The molecule has 2 aromatic rings. The van der Waals surface area contributed by atoms with Crippen molar-refractivity contribution in [3.05, 3.63) is 45.9 Å². The lowest BCUT2D eigenvalue weighted by Gasteiger charge is -2.26. The van der Waals surface area contributed by atoms with Gasteiger partial charge in [-0.05, 0) is 43.9 Å². The maximum absolute atomic E-state index is 12.1. The first-order valence-electron chi connectivity index (χ1n) is 10.0. The highest BCUT2D eigenvalue weighted by Gasteiger charge is 2.19. The summed E-state index contributed by atoms with van der Waals surface area (Å²) < 4.78 is 0. The molecule has 1 amide bonds. The number of piperidine rings is 1. The number of aryl methyl sites for hydroxylation is 1. The Bertz CT molecular complexity index is 806. The number of nitrogens with zero attached hydrogens (tertiary/aromatic N) is 3. The molecule has 6 nitrogen and oxygen atoms in total. The second-order valence-corrected chi connectivity index (χ2v) is 7.99. The number of halogens is 1. The number of nitrogens with one attached hydrogen (secondary N) is 2. The summed E-state index contributed by atoms with van der Waals surface area (Å²) in [6.45, 7) is 7.08. The number of benzene rings is 1. The van der Waals surface area contributed by atoms with Gasteiger partial charge in [0.05, 0.1) is 13.1 Å². The van der Waals surface area contributed by atoms with Gasteiger partial charge in [0.1, 0.15) is 5.01 Å². The van der Waals surface area contributed by atoms with E-state index >= 15 is 0 Å². The van der Waals surface area contributed by atoms with Crippen LogP contribution in [0.4, 0.5) is 5.69 Å². The smallest absolute Gasteiger partial charge is 0.226 e. The molecule has 29 heavy (non-hydrogen) atoms. The highest BCUT2D eigenvalue weighted by Crippen LogP contribution is 2.21. The number of thiazole rings is 1. The lowest BCUT2D eigenvalue weighted by Crippen LogP contribution is -2.36. The molecule has 2 heterocycles. The molecule has 1 aromatic heterocycles. The zero-order chi connectivity index (χ0) is 19.8. The van der Waals surface area contributed by atoms with Crippen LogP contribution in [0, 0.1) is 0 Å². The summed E-state index contributed by atoms with van der Waals surface area (Å²) in [5, 5.41) is 7.69. The summed E-state index contributed by atoms with van der Waals surface area (Å²) in [7, 11) is 0. The van der Waals surface area contributed by atoms with Crippen molar-refractivity contribution in [1.29, 1.82) is 0 Å². The van der Waals surface area contributed by atoms with Crippen LogP contribution < -0.4 is 15.5 Å². The minimum Gasteiger partial charge on any atom is -0.357 e. The fraction of sp³-hybridized carbons (Fsp3) is 0.476. The van der Waals surface area contributed by atoms with Gasteiger partial charge in [-0.25, -0.2) is 9.98 Å². The predicted octanol–water partition coefficient (Wildman–Crippen LogP) is 4.10. The van der Waals surface area contributed by atoms with Crippen LogP contribution in [-0.2, 0) is 24.3 Å². The number of aliphatic imine (C=N–C) groups is 1. The summed E-state index contributed by atoms with van der Waals surface area (Å²) in [6, 6.07) is 8.16. The van der Waals surface area contributed by atoms with Crippen LogP contribution in [0.15, 0.2) is 35.5 Å².